The third kappa shape index (κ3) is 3.27. The third-order valence-electron chi connectivity index (χ3n) is 1.53. The summed E-state index contributed by atoms with van der Waals surface area (Å²) in [6, 6.07) is 2.44. The SMILES string of the molecule is O=C=NC#CC1CCCSC1. The van der Waals surface area contributed by atoms with E-state index in [1.54, 1.807) is 0 Å². The van der Waals surface area contributed by atoms with Crippen molar-refractivity contribution in [2.75, 3.05) is 11.5 Å². The molecular weight excluding hydrogens is 158 g/mol. The highest BCUT2D eigenvalue weighted by Crippen LogP contribution is 2.21. The van der Waals surface area contributed by atoms with Gasteiger partial charge in [-0.1, -0.05) is 5.92 Å². The molecule has 1 aliphatic rings. The average molecular weight is 167 g/mol. The van der Waals surface area contributed by atoms with Crippen molar-refractivity contribution in [3.63, 3.8) is 0 Å². The minimum absolute atomic E-state index is 0.436. The molecule has 0 bridgehead atoms. The van der Waals surface area contributed by atoms with Gasteiger partial charge in [0.25, 0.3) is 0 Å². The van der Waals surface area contributed by atoms with Crippen LogP contribution in [-0.4, -0.2) is 17.6 Å². The zero-order valence-corrected chi connectivity index (χ0v) is 6.99. The lowest BCUT2D eigenvalue weighted by Crippen LogP contribution is -2.07. The molecule has 1 atom stereocenters. The largest absolute Gasteiger partial charge is 0.249 e. The van der Waals surface area contributed by atoms with Crippen LogP contribution in [-0.2, 0) is 4.79 Å². The Morgan fingerprint density at radius 1 is 1.55 bits per heavy atom. The normalized spacial score (nSPS) is 22.7. The second-order valence-corrected chi connectivity index (χ2v) is 3.52. The van der Waals surface area contributed by atoms with E-state index in [4.69, 9.17) is 0 Å². The quantitative estimate of drug-likeness (QED) is 0.310. The molecule has 1 rings (SSSR count). The van der Waals surface area contributed by atoms with Gasteiger partial charge in [0.2, 0.25) is 6.08 Å². The predicted octanol–water partition coefficient (Wildman–Crippen LogP) is 1.43. The van der Waals surface area contributed by atoms with E-state index in [2.05, 4.69) is 17.0 Å². The standard InChI is InChI=1S/C8H9NOS/c10-7-9-4-3-8-2-1-5-11-6-8/h8H,1-2,5-6H2. The maximum absolute atomic E-state index is 9.65. The molecule has 0 aromatic carbocycles. The molecule has 3 heteroatoms. The van der Waals surface area contributed by atoms with Crippen molar-refractivity contribution in [1.29, 1.82) is 0 Å². The Hall–Kier alpha value is -0.710. The van der Waals surface area contributed by atoms with E-state index in [1.807, 2.05) is 11.8 Å². The van der Waals surface area contributed by atoms with Crippen LogP contribution in [0.15, 0.2) is 4.99 Å². The van der Waals surface area contributed by atoms with E-state index >= 15 is 0 Å². The van der Waals surface area contributed by atoms with Gasteiger partial charge in [-0.2, -0.15) is 11.8 Å². The summed E-state index contributed by atoms with van der Waals surface area (Å²) in [6.07, 6.45) is 3.78. The fourth-order valence-corrected chi connectivity index (χ4v) is 2.07. The summed E-state index contributed by atoms with van der Waals surface area (Å²) < 4.78 is 0. The van der Waals surface area contributed by atoms with E-state index in [0.29, 0.717) is 5.92 Å². The first-order valence-electron chi connectivity index (χ1n) is 3.58. The van der Waals surface area contributed by atoms with E-state index in [1.165, 1.54) is 18.3 Å². The van der Waals surface area contributed by atoms with E-state index in [-0.39, 0.29) is 0 Å². The molecular formula is C8H9NOS. The summed E-state index contributed by atoms with van der Waals surface area (Å²) in [5, 5.41) is 0. The van der Waals surface area contributed by atoms with Crippen LogP contribution in [0.1, 0.15) is 12.8 Å². The molecule has 2 nitrogen and oxygen atoms in total. The summed E-state index contributed by atoms with van der Waals surface area (Å²) in [5.74, 6) is 5.69. The Morgan fingerprint density at radius 3 is 3.09 bits per heavy atom. The number of nitrogens with zero attached hydrogens (tertiary/aromatic N) is 1. The van der Waals surface area contributed by atoms with Crippen LogP contribution in [0, 0.1) is 17.9 Å². The summed E-state index contributed by atoms with van der Waals surface area (Å²) in [7, 11) is 0. The first kappa shape index (κ1) is 8.39. The monoisotopic (exact) mass is 167 g/mol. The van der Waals surface area contributed by atoms with Crippen molar-refractivity contribution in [2.45, 2.75) is 12.8 Å². The first-order chi connectivity index (χ1) is 5.43. The molecule has 0 aliphatic carbocycles. The minimum atomic E-state index is 0.436. The highest BCUT2D eigenvalue weighted by molar-refractivity contribution is 7.99. The molecule has 0 N–H and O–H groups in total. The van der Waals surface area contributed by atoms with Crippen LogP contribution in [0.3, 0.4) is 0 Å². The van der Waals surface area contributed by atoms with Crippen molar-refractivity contribution in [2.24, 2.45) is 10.9 Å². The topological polar surface area (TPSA) is 29.4 Å². The third-order valence-corrected chi connectivity index (χ3v) is 2.75. The van der Waals surface area contributed by atoms with Gasteiger partial charge >= 0.3 is 0 Å². The maximum atomic E-state index is 9.65. The molecule has 58 valence electrons. The summed E-state index contributed by atoms with van der Waals surface area (Å²) in [6.45, 7) is 0. The summed E-state index contributed by atoms with van der Waals surface area (Å²) in [4.78, 5) is 12.8. The van der Waals surface area contributed by atoms with Gasteiger partial charge in [0.15, 0.2) is 0 Å². The first-order valence-corrected chi connectivity index (χ1v) is 4.74. The lowest BCUT2D eigenvalue weighted by molar-refractivity contribution is 0.565. The molecule has 0 aromatic heterocycles. The molecule has 1 fully saturated rings. The van der Waals surface area contributed by atoms with E-state index < -0.39 is 0 Å². The van der Waals surface area contributed by atoms with Crippen molar-refractivity contribution in [1.82, 2.24) is 0 Å². The molecule has 0 aromatic rings. The van der Waals surface area contributed by atoms with Crippen LogP contribution in [0.2, 0.25) is 0 Å². The molecule has 1 aliphatic heterocycles. The molecule has 0 saturated carbocycles. The lowest BCUT2D eigenvalue weighted by atomic mass is 10.1. The number of hydrogen-bond acceptors (Lipinski definition) is 3. The predicted molar refractivity (Wildman–Crippen MR) is 45.9 cm³/mol. The van der Waals surface area contributed by atoms with Crippen LogP contribution in [0.4, 0.5) is 0 Å². The number of aliphatic imine (C=N–C) groups is 1. The molecule has 1 unspecified atom stereocenters. The molecule has 0 amide bonds. The molecule has 11 heavy (non-hydrogen) atoms. The highest BCUT2D eigenvalue weighted by atomic mass is 32.2. The summed E-state index contributed by atoms with van der Waals surface area (Å²) in [5.41, 5.74) is 0. The number of rotatable bonds is 0. The van der Waals surface area contributed by atoms with Crippen molar-refractivity contribution >= 4 is 17.8 Å². The van der Waals surface area contributed by atoms with Crippen LogP contribution < -0.4 is 0 Å². The fourth-order valence-electron chi connectivity index (χ4n) is 1.00. The highest BCUT2D eigenvalue weighted by Gasteiger charge is 2.09. The maximum Gasteiger partial charge on any atom is 0.249 e. The molecule has 1 saturated heterocycles. The van der Waals surface area contributed by atoms with Crippen LogP contribution >= 0.6 is 11.8 Å². The second-order valence-electron chi connectivity index (χ2n) is 2.37. The molecule has 1 heterocycles. The smallest absolute Gasteiger partial charge is 0.210 e. The summed E-state index contributed by atoms with van der Waals surface area (Å²) >= 11 is 1.92. The van der Waals surface area contributed by atoms with Gasteiger partial charge in [0.1, 0.15) is 0 Å². The van der Waals surface area contributed by atoms with Gasteiger partial charge in [0, 0.05) is 17.7 Å². The Labute approximate surface area is 70.5 Å². The van der Waals surface area contributed by atoms with Gasteiger partial charge in [0.05, 0.1) is 0 Å². The number of hydrogen-bond donors (Lipinski definition) is 0. The van der Waals surface area contributed by atoms with Gasteiger partial charge in [-0.3, -0.25) is 0 Å². The Balaban J connectivity index is 2.36. The fraction of sp³-hybridized carbons (Fsp3) is 0.625. The Bertz CT molecular complexity index is 216. The van der Waals surface area contributed by atoms with Crippen molar-refractivity contribution in [3.05, 3.63) is 0 Å². The number of thioether (sulfide) groups is 1. The number of carbonyl (C=O) groups excluding carboxylic acids is 1. The Morgan fingerprint density at radius 2 is 2.45 bits per heavy atom. The Kier molecular flexibility index (Phi) is 3.82. The molecule has 0 spiro atoms. The zero-order chi connectivity index (χ0) is 7.94. The zero-order valence-electron chi connectivity index (χ0n) is 6.17. The number of isocyanates is 1. The van der Waals surface area contributed by atoms with Gasteiger partial charge in [-0.15, -0.1) is 4.99 Å². The van der Waals surface area contributed by atoms with Gasteiger partial charge < -0.3 is 0 Å². The second kappa shape index (κ2) is 5.01. The molecule has 0 radical (unpaired) electrons. The van der Waals surface area contributed by atoms with Crippen LogP contribution in [0.5, 0.6) is 0 Å². The van der Waals surface area contributed by atoms with E-state index in [0.717, 1.165) is 12.2 Å². The van der Waals surface area contributed by atoms with Gasteiger partial charge in [-0.05, 0) is 18.6 Å². The van der Waals surface area contributed by atoms with E-state index in [9.17, 15) is 4.79 Å². The minimum Gasteiger partial charge on any atom is -0.210 e. The van der Waals surface area contributed by atoms with Crippen LogP contribution in [0.25, 0.3) is 0 Å². The lowest BCUT2D eigenvalue weighted by Gasteiger charge is -2.14. The van der Waals surface area contributed by atoms with Crippen molar-refractivity contribution < 1.29 is 4.79 Å². The van der Waals surface area contributed by atoms with Crippen molar-refractivity contribution in [3.8, 4) is 12.0 Å². The van der Waals surface area contributed by atoms with Gasteiger partial charge in [-0.25, -0.2) is 4.79 Å². The average Bonchev–Trinajstić information content (AvgIpc) is 2.07.